The van der Waals surface area contributed by atoms with Crippen LogP contribution in [-0.2, 0) is 22.5 Å². The van der Waals surface area contributed by atoms with Gasteiger partial charge in [0.15, 0.2) is 6.10 Å². The Labute approximate surface area is 150 Å². The van der Waals surface area contributed by atoms with Crippen LogP contribution in [-0.4, -0.2) is 23.1 Å². The van der Waals surface area contributed by atoms with E-state index in [4.69, 9.17) is 10.6 Å². The van der Waals surface area contributed by atoms with E-state index in [1.54, 1.807) is 6.20 Å². The van der Waals surface area contributed by atoms with E-state index in [0.29, 0.717) is 6.54 Å². The normalized spacial score (nSPS) is 11.7. The number of rotatable bonds is 6. The number of carbonyl (C=O) groups is 2. The Morgan fingerprint density at radius 1 is 1.08 bits per heavy atom. The van der Waals surface area contributed by atoms with Crippen LogP contribution in [0.15, 0.2) is 60.8 Å². The zero-order valence-electron chi connectivity index (χ0n) is 14.1. The summed E-state index contributed by atoms with van der Waals surface area (Å²) in [4.78, 5) is 27.2. The molecular formula is C19H20N4O3. The van der Waals surface area contributed by atoms with Crippen LogP contribution in [0.2, 0.25) is 0 Å². The van der Waals surface area contributed by atoms with E-state index in [-0.39, 0.29) is 6.42 Å². The first-order valence-corrected chi connectivity index (χ1v) is 8.21. The van der Waals surface area contributed by atoms with Crippen LogP contribution in [0.25, 0.3) is 10.9 Å². The van der Waals surface area contributed by atoms with Crippen LogP contribution >= 0.6 is 0 Å². The summed E-state index contributed by atoms with van der Waals surface area (Å²) in [6.07, 6.45) is 0.302. The number of alkyl carbamates (subject to hydrolysis) is 1. The second kappa shape index (κ2) is 8.17. The van der Waals surface area contributed by atoms with E-state index in [0.717, 1.165) is 22.0 Å². The molecule has 1 heterocycles. The summed E-state index contributed by atoms with van der Waals surface area (Å²) in [7, 11) is 0. The Morgan fingerprint density at radius 2 is 1.81 bits per heavy atom. The maximum atomic E-state index is 12.1. The highest BCUT2D eigenvalue weighted by Crippen LogP contribution is 2.20. The Kier molecular flexibility index (Phi) is 5.50. The molecule has 5 N–H and O–H groups in total. The van der Waals surface area contributed by atoms with Gasteiger partial charge in [0.2, 0.25) is 0 Å². The number of hydrogen-bond donors (Lipinski definition) is 4. The number of H-pyrrole nitrogens is 1. The van der Waals surface area contributed by atoms with Gasteiger partial charge in [-0.15, -0.1) is 0 Å². The molecule has 0 aliphatic rings. The van der Waals surface area contributed by atoms with Gasteiger partial charge in [-0.1, -0.05) is 48.5 Å². The lowest BCUT2D eigenvalue weighted by atomic mass is 10.1. The first kappa shape index (κ1) is 17.5. The molecule has 0 bridgehead atoms. The second-order valence-electron chi connectivity index (χ2n) is 5.81. The standard InChI is InChI=1S/C19H20N4O3/c20-23-18(24)17(10-14-12-21-16-9-5-4-8-15(14)16)26-19(25)22-11-13-6-2-1-3-7-13/h1-9,12,17,21H,10-11,20H2,(H,22,25)(H,23,24)/t17-/m1/s1. The highest BCUT2D eigenvalue weighted by Gasteiger charge is 2.24. The maximum absolute atomic E-state index is 12.1. The highest BCUT2D eigenvalue weighted by molar-refractivity contribution is 5.86. The second-order valence-corrected chi connectivity index (χ2v) is 5.81. The quantitative estimate of drug-likeness (QED) is 0.309. The van der Waals surface area contributed by atoms with E-state index in [9.17, 15) is 9.59 Å². The smallest absolute Gasteiger partial charge is 0.408 e. The van der Waals surface area contributed by atoms with Crippen molar-refractivity contribution in [2.24, 2.45) is 5.84 Å². The fraction of sp³-hybridized carbons (Fsp3) is 0.158. The van der Waals surface area contributed by atoms with E-state index in [2.05, 4.69) is 15.7 Å². The molecule has 3 aromatic rings. The Morgan fingerprint density at radius 3 is 2.58 bits per heavy atom. The number of ether oxygens (including phenoxy) is 1. The number of fused-ring (bicyclic) bond motifs is 1. The van der Waals surface area contributed by atoms with Gasteiger partial charge in [0.05, 0.1) is 0 Å². The molecular weight excluding hydrogens is 332 g/mol. The number of aromatic amines is 1. The summed E-state index contributed by atoms with van der Waals surface area (Å²) < 4.78 is 5.29. The minimum Gasteiger partial charge on any atom is -0.436 e. The predicted octanol–water partition coefficient (Wildman–Crippen LogP) is 2.00. The van der Waals surface area contributed by atoms with E-state index in [1.807, 2.05) is 54.6 Å². The number of nitrogens with two attached hydrogens (primary N) is 1. The van der Waals surface area contributed by atoms with Crippen molar-refractivity contribution in [3.8, 4) is 0 Å². The number of hydrazine groups is 1. The molecule has 1 atom stereocenters. The number of aromatic nitrogens is 1. The summed E-state index contributed by atoms with van der Waals surface area (Å²) >= 11 is 0. The maximum Gasteiger partial charge on any atom is 0.408 e. The molecule has 0 fully saturated rings. The zero-order chi connectivity index (χ0) is 18.4. The van der Waals surface area contributed by atoms with Gasteiger partial charge in [0, 0.05) is 30.1 Å². The van der Waals surface area contributed by atoms with Crippen molar-refractivity contribution in [2.75, 3.05) is 0 Å². The van der Waals surface area contributed by atoms with Gasteiger partial charge in [-0.05, 0) is 17.2 Å². The van der Waals surface area contributed by atoms with Gasteiger partial charge in [-0.2, -0.15) is 0 Å². The number of hydrogen-bond acceptors (Lipinski definition) is 4. The molecule has 2 amide bonds. The van der Waals surface area contributed by atoms with Crippen molar-refractivity contribution in [1.82, 2.24) is 15.7 Å². The fourth-order valence-electron chi connectivity index (χ4n) is 2.72. The summed E-state index contributed by atoms with van der Waals surface area (Å²) in [5.41, 5.74) is 4.79. The molecule has 3 rings (SSSR count). The van der Waals surface area contributed by atoms with E-state index in [1.165, 1.54) is 0 Å². The first-order chi connectivity index (χ1) is 12.7. The number of para-hydroxylation sites is 1. The third kappa shape index (κ3) is 4.20. The molecule has 0 aliphatic heterocycles. The third-order valence-electron chi connectivity index (χ3n) is 4.04. The minimum atomic E-state index is -1.03. The number of amides is 2. The Bertz CT molecular complexity index is 892. The molecule has 0 saturated heterocycles. The molecule has 0 radical (unpaired) electrons. The van der Waals surface area contributed by atoms with E-state index < -0.39 is 18.1 Å². The average molecular weight is 352 g/mol. The van der Waals surface area contributed by atoms with Gasteiger partial charge in [0.25, 0.3) is 5.91 Å². The largest absolute Gasteiger partial charge is 0.436 e. The van der Waals surface area contributed by atoms with E-state index >= 15 is 0 Å². The highest BCUT2D eigenvalue weighted by atomic mass is 16.6. The van der Waals surface area contributed by atoms with Crippen LogP contribution < -0.4 is 16.6 Å². The van der Waals surface area contributed by atoms with Crippen molar-refractivity contribution >= 4 is 22.9 Å². The minimum absolute atomic E-state index is 0.214. The van der Waals surface area contributed by atoms with Crippen molar-refractivity contribution in [2.45, 2.75) is 19.1 Å². The predicted molar refractivity (Wildman–Crippen MR) is 97.9 cm³/mol. The molecule has 7 heteroatoms. The molecule has 0 aliphatic carbocycles. The molecule has 134 valence electrons. The Balaban J connectivity index is 1.66. The summed E-state index contributed by atoms with van der Waals surface area (Å²) in [5.74, 6) is 4.67. The fourth-order valence-corrected chi connectivity index (χ4v) is 2.72. The molecule has 2 aromatic carbocycles. The van der Waals surface area contributed by atoms with Crippen molar-refractivity contribution in [1.29, 1.82) is 0 Å². The molecule has 1 aromatic heterocycles. The van der Waals surface area contributed by atoms with Gasteiger partial charge in [-0.25, -0.2) is 10.6 Å². The van der Waals surface area contributed by atoms with Crippen LogP contribution in [0.1, 0.15) is 11.1 Å². The lowest BCUT2D eigenvalue weighted by molar-refractivity contribution is -0.129. The monoisotopic (exact) mass is 352 g/mol. The topological polar surface area (TPSA) is 109 Å². The van der Waals surface area contributed by atoms with Gasteiger partial charge < -0.3 is 15.0 Å². The summed E-state index contributed by atoms with van der Waals surface area (Å²) in [6.45, 7) is 0.309. The number of carbonyl (C=O) groups excluding carboxylic acids is 2. The van der Waals surface area contributed by atoms with Gasteiger partial charge in [0.1, 0.15) is 0 Å². The molecule has 7 nitrogen and oxygen atoms in total. The van der Waals surface area contributed by atoms with Crippen LogP contribution in [0.3, 0.4) is 0 Å². The van der Waals surface area contributed by atoms with Crippen molar-refractivity contribution in [3.63, 3.8) is 0 Å². The molecule has 0 saturated carbocycles. The lowest BCUT2D eigenvalue weighted by Crippen LogP contribution is -2.44. The Hall–Kier alpha value is -3.32. The van der Waals surface area contributed by atoms with Crippen molar-refractivity contribution < 1.29 is 14.3 Å². The summed E-state index contributed by atoms with van der Waals surface area (Å²) in [6, 6.07) is 17.1. The van der Waals surface area contributed by atoms with Gasteiger partial charge >= 0.3 is 6.09 Å². The van der Waals surface area contributed by atoms with Crippen LogP contribution in [0, 0.1) is 0 Å². The van der Waals surface area contributed by atoms with Crippen LogP contribution in [0.4, 0.5) is 4.79 Å². The number of benzene rings is 2. The number of nitrogens with one attached hydrogen (secondary N) is 3. The summed E-state index contributed by atoms with van der Waals surface area (Å²) in [5, 5.41) is 3.60. The molecule has 0 spiro atoms. The average Bonchev–Trinajstić information content (AvgIpc) is 3.09. The first-order valence-electron chi connectivity index (χ1n) is 8.21. The van der Waals surface area contributed by atoms with Crippen LogP contribution in [0.5, 0.6) is 0 Å². The zero-order valence-corrected chi connectivity index (χ0v) is 14.1. The van der Waals surface area contributed by atoms with Crippen molar-refractivity contribution in [3.05, 3.63) is 71.9 Å². The molecule has 26 heavy (non-hydrogen) atoms. The van der Waals surface area contributed by atoms with Gasteiger partial charge in [-0.3, -0.25) is 10.2 Å². The molecule has 0 unspecified atom stereocenters. The lowest BCUT2D eigenvalue weighted by Gasteiger charge is -2.16. The third-order valence-corrected chi connectivity index (χ3v) is 4.04. The SMILES string of the molecule is NNC(=O)[C@@H](Cc1c[nH]c2ccccc12)OC(=O)NCc1ccccc1.